The van der Waals surface area contributed by atoms with Crippen LogP contribution in [0.2, 0.25) is 0 Å². The van der Waals surface area contributed by atoms with Gasteiger partial charge in [0.2, 0.25) is 0 Å². The lowest BCUT2D eigenvalue weighted by Gasteiger charge is -2.28. The zero-order chi connectivity index (χ0) is 20.4. The summed E-state index contributed by atoms with van der Waals surface area (Å²) in [6.45, 7) is 4.29. The fraction of sp³-hybridized carbons (Fsp3) is 0.333. The third kappa shape index (κ3) is 4.13. The molecule has 0 unspecified atom stereocenters. The first-order valence-electron chi connectivity index (χ1n) is 9.16. The summed E-state index contributed by atoms with van der Waals surface area (Å²) in [6.07, 6.45) is 0.718. The molecule has 1 aliphatic heterocycles. The second-order valence-corrected chi connectivity index (χ2v) is 7.24. The van der Waals surface area contributed by atoms with Gasteiger partial charge in [-0.2, -0.15) is 0 Å². The summed E-state index contributed by atoms with van der Waals surface area (Å²) in [7, 11) is 1.76. The predicted octanol–water partition coefficient (Wildman–Crippen LogP) is 4.04. The lowest BCUT2D eigenvalue weighted by molar-refractivity contribution is 0.0781. The minimum Gasteiger partial charge on any atom is -0.341 e. The highest BCUT2D eigenvalue weighted by molar-refractivity contribution is 5.98. The smallest absolute Gasteiger partial charge is 0.322 e. The fourth-order valence-corrected chi connectivity index (χ4v) is 3.20. The molecule has 0 spiro atoms. The van der Waals surface area contributed by atoms with Crippen molar-refractivity contribution in [3.63, 3.8) is 0 Å². The van der Waals surface area contributed by atoms with Crippen LogP contribution in [0.1, 0.15) is 35.3 Å². The SMILES string of the molecule is CC(C)N(Cc1ccc(F)cc1F)C(=O)Nc1ccc2c(c1)CCN(C)C2=O. The van der Waals surface area contributed by atoms with Crippen LogP contribution in [0.5, 0.6) is 0 Å². The van der Waals surface area contributed by atoms with E-state index in [2.05, 4.69) is 5.32 Å². The topological polar surface area (TPSA) is 52.7 Å². The van der Waals surface area contributed by atoms with Crippen LogP contribution in [0.15, 0.2) is 36.4 Å². The van der Waals surface area contributed by atoms with Gasteiger partial charge in [0, 0.05) is 42.5 Å². The molecule has 1 aliphatic rings. The predicted molar refractivity (Wildman–Crippen MR) is 103 cm³/mol. The quantitative estimate of drug-likeness (QED) is 0.861. The maximum Gasteiger partial charge on any atom is 0.322 e. The van der Waals surface area contributed by atoms with E-state index in [0.717, 1.165) is 18.1 Å². The first kappa shape index (κ1) is 19.8. The summed E-state index contributed by atoms with van der Waals surface area (Å²) < 4.78 is 27.1. The molecule has 0 saturated heterocycles. The summed E-state index contributed by atoms with van der Waals surface area (Å²) in [5, 5.41) is 2.82. The monoisotopic (exact) mass is 387 g/mol. The fourth-order valence-electron chi connectivity index (χ4n) is 3.20. The van der Waals surface area contributed by atoms with Crippen molar-refractivity contribution in [2.45, 2.75) is 32.9 Å². The van der Waals surface area contributed by atoms with Gasteiger partial charge in [-0.25, -0.2) is 13.6 Å². The van der Waals surface area contributed by atoms with E-state index < -0.39 is 17.7 Å². The van der Waals surface area contributed by atoms with Gasteiger partial charge in [-0.1, -0.05) is 6.07 Å². The van der Waals surface area contributed by atoms with Gasteiger partial charge in [0.25, 0.3) is 5.91 Å². The minimum absolute atomic E-state index is 0.0177. The van der Waals surface area contributed by atoms with E-state index in [1.54, 1.807) is 30.1 Å². The van der Waals surface area contributed by atoms with Gasteiger partial charge in [-0.15, -0.1) is 0 Å². The van der Waals surface area contributed by atoms with E-state index in [-0.39, 0.29) is 24.1 Å². The molecule has 0 bridgehead atoms. The van der Waals surface area contributed by atoms with Crippen molar-refractivity contribution in [2.24, 2.45) is 0 Å². The van der Waals surface area contributed by atoms with Crippen molar-refractivity contribution in [2.75, 3.05) is 18.9 Å². The van der Waals surface area contributed by atoms with E-state index in [9.17, 15) is 18.4 Å². The Bertz CT molecular complexity index is 915. The van der Waals surface area contributed by atoms with Crippen LogP contribution in [0, 0.1) is 11.6 Å². The third-order valence-electron chi connectivity index (χ3n) is 4.89. The summed E-state index contributed by atoms with van der Waals surface area (Å²) in [5.41, 5.74) is 2.35. The summed E-state index contributed by atoms with van der Waals surface area (Å²) >= 11 is 0. The normalized spacial score (nSPS) is 13.5. The number of urea groups is 1. The van der Waals surface area contributed by atoms with Crippen molar-refractivity contribution in [3.8, 4) is 0 Å². The number of rotatable bonds is 4. The highest BCUT2D eigenvalue weighted by Gasteiger charge is 2.23. The molecule has 0 aliphatic carbocycles. The van der Waals surface area contributed by atoms with Crippen LogP contribution in [0.4, 0.5) is 19.3 Å². The lowest BCUT2D eigenvalue weighted by Crippen LogP contribution is -2.40. The molecule has 5 nitrogen and oxygen atoms in total. The molecule has 0 atom stereocenters. The molecule has 2 aromatic rings. The van der Waals surface area contributed by atoms with Crippen LogP contribution in [0.3, 0.4) is 0 Å². The largest absolute Gasteiger partial charge is 0.341 e. The standard InChI is InChI=1S/C21H23F2N3O2/c1-13(2)26(12-15-4-5-16(22)11-19(15)23)21(28)24-17-6-7-18-14(10-17)8-9-25(3)20(18)27/h4-7,10-11,13H,8-9,12H2,1-3H3,(H,24,28). The Balaban J connectivity index is 1.77. The number of benzene rings is 2. The Kier molecular flexibility index (Phi) is 5.63. The van der Waals surface area contributed by atoms with Crippen molar-refractivity contribution < 1.29 is 18.4 Å². The number of amides is 3. The first-order valence-corrected chi connectivity index (χ1v) is 9.16. The van der Waals surface area contributed by atoms with Gasteiger partial charge in [-0.05, 0) is 50.1 Å². The molecule has 1 heterocycles. The Morgan fingerprint density at radius 3 is 2.64 bits per heavy atom. The van der Waals surface area contributed by atoms with Gasteiger partial charge in [0.15, 0.2) is 0 Å². The van der Waals surface area contributed by atoms with E-state index >= 15 is 0 Å². The van der Waals surface area contributed by atoms with Gasteiger partial charge >= 0.3 is 6.03 Å². The molecule has 0 radical (unpaired) electrons. The zero-order valence-electron chi connectivity index (χ0n) is 16.1. The van der Waals surface area contributed by atoms with Crippen molar-refractivity contribution in [3.05, 3.63) is 64.7 Å². The highest BCUT2D eigenvalue weighted by Crippen LogP contribution is 2.23. The number of fused-ring (bicyclic) bond motifs is 1. The van der Waals surface area contributed by atoms with Crippen LogP contribution < -0.4 is 5.32 Å². The van der Waals surface area contributed by atoms with Crippen LogP contribution in [-0.4, -0.2) is 41.4 Å². The maximum atomic E-state index is 14.0. The maximum absolute atomic E-state index is 14.0. The van der Waals surface area contributed by atoms with E-state index in [1.165, 1.54) is 17.0 Å². The molecule has 148 valence electrons. The van der Waals surface area contributed by atoms with Gasteiger partial charge < -0.3 is 15.1 Å². The number of likely N-dealkylation sites (N-methyl/N-ethyl adjacent to an activating group) is 1. The molecule has 28 heavy (non-hydrogen) atoms. The van der Waals surface area contributed by atoms with E-state index in [0.29, 0.717) is 17.8 Å². The molecule has 2 aromatic carbocycles. The van der Waals surface area contributed by atoms with E-state index in [4.69, 9.17) is 0 Å². The number of nitrogens with one attached hydrogen (secondary N) is 1. The molecular weight excluding hydrogens is 364 g/mol. The van der Waals surface area contributed by atoms with Crippen molar-refractivity contribution in [1.29, 1.82) is 0 Å². The molecular formula is C21H23F2N3O2. The van der Waals surface area contributed by atoms with Gasteiger partial charge in [0.1, 0.15) is 11.6 Å². The zero-order valence-corrected chi connectivity index (χ0v) is 16.1. The average molecular weight is 387 g/mol. The van der Waals surface area contributed by atoms with Crippen LogP contribution in [0.25, 0.3) is 0 Å². The number of anilines is 1. The molecule has 3 amide bonds. The third-order valence-corrected chi connectivity index (χ3v) is 4.89. The summed E-state index contributed by atoms with van der Waals surface area (Å²) in [6, 6.07) is 7.93. The highest BCUT2D eigenvalue weighted by atomic mass is 19.1. The molecule has 1 N–H and O–H groups in total. The molecule has 0 fully saturated rings. The number of hydrogen-bond donors (Lipinski definition) is 1. The molecule has 3 rings (SSSR count). The second-order valence-electron chi connectivity index (χ2n) is 7.24. The van der Waals surface area contributed by atoms with Crippen LogP contribution >= 0.6 is 0 Å². The number of hydrogen-bond acceptors (Lipinski definition) is 2. The first-order chi connectivity index (χ1) is 13.3. The minimum atomic E-state index is -0.685. The summed E-state index contributed by atoms with van der Waals surface area (Å²) in [5.74, 6) is -1.37. The van der Waals surface area contributed by atoms with Gasteiger partial charge in [-0.3, -0.25) is 4.79 Å². The summed E-state index contributed by atoms with van der Waals surface area (Å²) in [4.78, 5) is 28.1. The number of halogens is 2. The Hall–Kier alpha value is -2.96. The Morgan fingerprint density at radius 2 is 1.96 bits per heavy atom. The Morgan fingerprint density at radius 1 is 1.21 bits per heavy atom. The molecule has 0 aromatic heterocycles. The second kappa shape index (κ2) is 7.96. The number of carbonyl (C=O) groups is 2. The lowest BCUT2D eigenvalue weighted by atomic mass is 9.99. The van der Waals surface area contributed by atoms with Crippen molar-refractivity contribution in [1.82, 2.24) is 9.80 Å². The Labute approximate surface area is 162 Å². The molecule has 0 saturated carbocycles. The average Bonchev–Trinajstić information content (AvgIpc) is 2.63. The van der Waals surface area contributed by atoms with Gasteiger partial charge in [0.05, 0.1) is 6.54 Å². The van der Waals surface area contributed by atoms with Crippen molar-refractivity contribution >= 4 is 17.6 Å². The van der Waals surface area contributed by atoms with E-state index in [1.807, 2.05) is 13.8 Å². The number of nitrogens with zero attached hydrogens (tertiary/aromatic N) is 2. The molecule has 7 heteroatoms. The number of carbonyl (C=O) groups excluding carboxylic acids is 2. The van der Waals surface area contributed by atoms with Crippen LogP contribution in [-0.2, 0) is 13.0 Å².